The third-order valence-electron chi connectivity index (χ3n) is 0.296. The van der Waals surface area contributed by atoms with Crippen LogP contribution in [0.1, 0.15) is 48.0 Å². The molecule has 0 heterocycles. The Morgan fingerprint density at radius 2 is 1.00 bits per heavy atom. The maximum Gasteiger partial charge on any atom is 0.0188 e. The number of allylic oxidation sites excluding steroid dienone is 2. The van der Waals surface area contributed by atoms with Crippen LogP contribution in [-0.2, 0) is 0 Å². The highest BCUT2D eigenvalue weighted by molar-refractivity contribution is 5.24. The molecule has 0 radical (unpaired) electrons. The third-order valence-corrected chi connectivity index (χ3v) is 0.296. The van der Waals surface area contributed by atoms with E-state index in [9.17, 15) is 0 Å². The molecule has 0 aromatic carbocycles. The lowest BCUT2D eigenvalue weighted by Gasteiger charge is -1.48. The minimum atomic E-state index is 1.25. The summed E-state index contributed by atoms with van der Waals surface area (Å²) in [5.41, 5.74) is 0. The molecule has 0 aromatic rings. The summed E-state index contributed by atoms with van der Waals surface area (Å²) in [4.78, 5) is 3.25. The van der Waals surface area contributed by atoms with Crippen molar-refractivity contribution in [2.24, 2.45) is 4.99 Å². The van der Waals surface area contributed by atoms with Crippen molar-refractivity contribution in [2.75, 3.05) is 0 Å². The molecule has 1 nitrogen and oxygen atoms in total. The molecule has 0 aliphatic rings. The van der Waals surface area contributed by atoms with E-state index in [-0.39, 0.29) is 0 Å². The van der Waals surface area contributed by atoms with E-state index in [1.807, 2.05) is 27.7 Å². The van der Waals surface area contributed by atoms with Crippen molar-refractivity contribution in [1.82, 2.24) is 0 Å². The minimum Gasteiger partial charge on any atom is -0.273 e. The zero-order valence-corrected chi connectivity index (χ0v) is 11.7. The van der Waals surface area contributed by atoms with E-state index in [1.165, 1.54) is 12.6 Å². The van der Waals surface area contributed by atoms with Crippen LogP contribution in [0.2, 0.25) is 0 Å². The summed E-state index contributed by atoms with van der Waals surface area (Å²) in [5.74, 6) is 0. The van der Waals surface area contributed by atoms with Gasteiger partial charge < -0.3 is 0 Å². The van der Waals surface area contributed by atoms with Crippen LogP contribution in [0.3, 0.4) is 0 Å². The topological polar surface area (TPSA) is 12.4 Å². The highest BCUT2D eigenvalue weighted by Crippen LogP contribution is 1.56. The molecule has 0 aromatic heterocycles. The van der Waals surface area contributed by atoms with Gasteiger partial charge in [0.2, 0.25) is 0 Å². The summed E-state index contributed by atoms with van der Waals surface area (Å²) < 4.78 is 0. The minimum absolute atomic E-state index is 1.25. The summed E-state index contributed by atoms with van der Waals surface area (Å²) in [5, 5.41) is 0. The average Bonchev–Trinajstić information content (AvgIpc) is 2.35. The molecule has 0 rings (SSSR count). The van der Waals surface area contributed by atoms with Gasteiger partial charge in [-0.2, -0.15) is 0 Å². The molecule has 0 aliphatic heterocycles. The monoisotopic (exact) mass is 213 g/mol. The van der Waals surface area contributed by atoms with Crippen LogP contribution in [0.5, 0.6) is 0 Å². The second kappa shape index (κ2) is 120. The maximum atomic E-state index is 3.36. The molecular weight excluding hydrogens is 182 g/mol. The molecule has 0 N–H and O–H groups in total. The number of hydrogen-bond donors (Lipinski definition) is 0. The van der Waals surface area contributed by atoms with Crippen molar-refractivity contribution < 1.29 is 0 Å². The molecule has 0 unspecified atom stereocenters. The van der Waals surface area contributed by atoms with Crippen LogP contribution in [0.15, 0.2) is 43.1 Å². The number of nitrogens with zero attached hydrogens (tertiary/aromatic N) is 1. The van der Waals surface area contributed by atoms with Gasteiger partial charge in [0.05, 0.1) is 0 Å². The predicted molar refractivity (Wildman–Crippen MR) is 78.8 cm³/mol. The van der Waals surface area contributed by atoms with Crippen molar-refractivity contribution in [2.45, 2.75) is 48.0 Å². The fourth-order valence-electron chi connectivity index (χ4n) is 0. The summed E-state index contributed by atoms with van der Waals surface area (Å²) in [6, 6.07) is 0. The van der Waals surface area contributed by atoms with Crippen LogP contribution in [0.25, 0.3) is 0 Å². The molecule has 0 saturated carbocycles. The summed E-state index contributed by atoms with van der Waals surface area (Å²) in [7, 11) is 0. The summed E-state index contributed by atoms with van der Waals surface area (Å²) >= 11 is 0. The van der Waals surface area contributed by atoms with Gasteiger partial charge in [0.25, 0.3) is 0 Å². The highest BCUT2D eigenvalue weighted by atomic mass is 14.6. The molecule has 15 heavy (non-hydrogen) atoms. The van der Waals surface area contributed by atoms with Gasteiger partial charge in [-0.25, -0.2) is 0 Å². The second-order valence-electron chi connectivity index (χ2n) is 1.54. The van der Waals surface area contributed by atoms with E-state index < -0.39 is 0 Å². The van der Waals surface area contributed by atoms with E-state index in [0.717, 1.165) is 0 Å². The standard InChI is InChI=1S/C4H6.C3H5N.C3H8.2C2H6/c2*1-3-4-2;1-3-2;2*1-2/h3-4H,1-2H2;3H,1-2H2;3H2,1-2H3;2*1-2H3. The lowest BCUT2D eigenvalue weighted by molar-refractivity contribution is 1.09. The smallest absolute Gasteiger partial charge is 0.0188 e. The molecule has 92 valence electrons. The Kier molecular flexibility index (Phi) is 234. The molecule has 0 bridgehead atoms. The molecule has 0 aliphatic carbocycles. The first-order valence-electron chi connectivity index (χ1n) is 5.55. The molecule has 0 atom stereocenters. The molecule has 1 heteroatoms. The Labute approximate surface area is 98.3 Å². The van der Waals surface area contributed by atoms with Crippen molar-refractivity contribution in [3.8, 4) is 0 Å². The van der Waals surface area contributed by atoms with Crippen LogP contribution in [0, 0.1) is 0 Å². The number of aliphatic imine (C=N–C) groups is 1. The molecule has 0 amide bonds. The van der Waals surface area contributed by atoms with Crippen LogP contribution in [-0.4, -0.2) is 6.72 Å². The van der Waals surface area contributed by atoms with Gasteiger partial charge in [-0.05, 0) is 6.72 Å². The Balaban J connectivity index is -0.0000000289. The maximum absolute atomic E-state index is 3.36. The van der Waals surface area contributed by atoms with E-state index in [2.05, 4.69) is 45.3 Å². The van der Waals surface area contributed by atoms with Gasteiger partial charge in [-0.1, -0.05) is 79.9 Å². The van der Waals surface area contributed by atoms with E-state index >= 15 is 0 Å². The number of rotatable bonds is 2. The van der Waals surface area contributed by atoms with Crippen molar-refractivity contribution in [3.05, 3.63) is 38.1 Å². The normalized spacial score (nSPS) is 4.67. The van der Waals surface area contributed by atoms with E-state index in [4.69, 9.17) is 0 Å². The van der Waals surface area contributed by atoms with Crippen molar-refractivity contribution in [3.63, 3.8) is 0 Å². The lowest BCUT2D eigenvalue weighted by atomic mass is 10.6. The second-order valence-corrected chi connectivity index (χ2v) is 1.54. The van der Waals surface area contributed by atoms with Gasteiger partial charge in [0.1, 0.15) is 0 Å². The van der Waals surface area contributed by atoms with Gasteiger partial charge in [0, 0.05) is 6.20 Å². The first-order chi connectivity index (χ1) is 7.24. The first kappa shape index (κ1) is 29.2. The highest BCUT2D eigenvalue weighted by Gasteiger charge is 1.35. The van der Waals surface area contributed by atoms with Crippen LogP contribution >= 0.6 is 0 Å². The first-order valence-corrected chi connectivity index (χ1v) is 5.55. The van der Waals surface area contributed by atoms with Crippen molar-refractivity contribution >= 4 is 6.72 Å². The number of hydrogen-bond acceptors (Lipinski definition) is 1. The quantitative estimate of drug-likeness (QED) is 0.415. The predicted octanol–water partition coefficient (Wildman–Crippen LogP) is 5.66. The Bertz CT molecular complexity index is 69.5. The van der Waals surface area contributed by atoms with Gasteiger partial charge in [0.15, 0.2) is 0 Å². The van der Waals surface area contributed by atoms with E-state index in [0.29, 0.717) is 0 Å². The van der Waals surface area contributed by atoms with Crippen LogP contribution in [0.4, 0.5) is 0 Å². The Morgan fingerprint density at radius 3 is 1.00 bits per heavy atom. The third kappa shape index (κ3) is 1930. The van der Waals surface area contributed by atoms with Crippen LogP contribution < -0.4 is 0 Å². The molecule has 0 fully saturated rings. The Morgan fingerprint density at radius 1 is 0.867 bits per heavy atom. The fourth-order valence-corrected chi connectivity index (χ4v) is 0. The van der Waals surface area contributed by atoms with E-state index in [1.54, 1.807) is 12.2 Å². The summed E-state index contributed by atoms with van der Waals surface area (Å²) in [6.07, 6.45) is 5.92. The van der Waals surface area contributed by atoms with Gasteiger partial charge >= 0.3 is 0 Å². The summed E-state index contributed by atoms with van der Waals surface area (Å²) in [6.45, 7) is 25.3. The van der Waals surface area contributed by atoms with Gasteiger partial charge in [-0.3, -0.25) is 4.99 Å². The molecular formula is C14H31N. The SMILES string of the molecule is C=CC=C.C=CN=C.CC.CC.CCC. The lowest BCUT2D eigenvalue weighted by Crippen LogP contribution is -1.27. The van der Waals surface area contributed by atoms with Crippen molar-refractivity contribution in [1.29, 1.82) is 0 Å². The Hall–Kier alpha value is -1.11. The largest absolute Gasteiger partial charge is 0.273 e. The zero-order chi connectivity index (χ0) is 13.5. The fraction of sp³-hybridized carbons (Fsp3) is 0.500. The van der Waals surface area contributed by atoms with Gasteiger partial charge in [-0.15, -0.1) is 0 Å². The molecule has 0 saturated heterocycles. The zero-order valence-electron chi connectivity index (χ0n) is 11.7. The average molecular weight is 213 g/mol. The molecule has 0 spiro atoms.